The first-order chi connectivity index (χ1) is 14.5. The predicted molar refractivity (Wildman–Crippen MR) is 121 cm³/mol. The van der Waals surface area contributed by atoms with E-state index in [1.807, 2.05) is 0 Å². The summed E-state index contributed by atoms with van der Waals surface area (Å²) >= 11 is 7.05. The third-order valence-corrected chi connectivity index (χ3v) is 8.75. The van der Waals surface area contributed by atoms with Crippen molar-refractivity contribution in [2.24, 2.45) is 0 Å². The fourth-order valence-electron chi connectivity index (χ4n) is 2.93. The summed E-state index contributed by atoms with van der Waals surface area (Å²) in [5, 5.41) is 1.12. The number of rotatable bonds is 6. The molecule has 162 valence electrons. The number of benzene rings is 2. The summed E-state index contributed by atoms with van der Waals surface area (Å²) in [6.07, 6.45) is 0. The molecule has 0 bridgehead atoms. The van der Waals surface area contributed by atoms with Gasteiger partial charge in [-0.05, 0) is 38.1 Å². The highest BCUT2D eigenvalue weighted by Crippen LogP contribution is 2.33. The number of anilines is 2. The third-order valence-electron chi connectivity index (χ3n) is 4.24. The molecule has 2 N–H and O–H groups in total. The van der Waals surface area contributed by atoms with Crippen LogP contribution in [0.2, 0.25) is 5.02 Å². The number of hydrogen-bond acceptors (Lipinski definition) is 7. The Labute approximate surface area is 188 Å². The van der Waals surface area contributed by atoms with E-state index in [1.165, 1.54) is 24.3 Å². The molecule has 4 aromatic rings. The second-order valence-corrected chi connectivity index (χ2v) is 11.7. The minimum absolute atomic E-state index is 0.00883. The number of nitrogens with one attached hydrogen (secondary N) is 2. The molecule has 0 spiro atoms. The molecule has 0 aliphatic rings. The molecule has 12 heteroatoms. The number of aromatic nitrogens is 1. The van der Waals surface area contributed by atoms with Gasteiger partial charge >= 0.3 is 0 Å². The van der Waals surface area contributed by atoms with E-state index in [4.69, 9.17) is 16.0 Å². The van der Waals surface area contributed by atoms with Crippen LogP contribution < -0.4 is 9.44 Å². The maximum absolute atomic E-state index is 12.9. The average molecular weight is 498 g/mol. The smallest absolute Gasteiger partial charge is 0.295 e. The summed E-state index contributed by atoms with van der Waals surface area (Å²) in [5.41, 5.74) is 0.726. The fourth-order valence-corrected chi connectivity index (χ4v) is 6.71. The molecule has 2 heterocycles. The molecule has 0 atom stereocenters. The van der Waals surface area contributed by atoms with E-state index < -0.39 is 20.0 Å². The average Bonchev–Trinajstić information content (AvgIpc) is 3.27. The number of halogens is 1. The van der Waals surface area contributed by atoms with Crippen LogP contribution in [0.25, 0.3) is 11.0 Å². The lowest BCUT2D eigenvalue weighted by Crippen LogP contribution is -2.17. The Morgan fingerprint density at radius 3 is 2.32 bits per heavy atom. The van der Waals surface area contributed by atoms with Gasteiger partial charge in [0.15, 0.2) is 4.21 Å². The molecule has 0 radical (unpaired) electrons. The monoisotopic (exact) mass is 497 g/mol. The molecule has 2 aromatic heterocycles. The van der Waals surface area contributed by atoms with Gasteiger partial charge in [-0.1, -0.05) is 29.8 Å². The van der Waals surface area contributed by atoms with Gasteiger partial charge in [0.2, 0.25) is 5.09 Å². The van der Waals surface area contributed by atoms with Crippen molar-refractivity contribution in [1.29, 1.82) is 0 Å². The Hall–Kier alpha value is -2.60. The summed E-state index contributed by atoms with van der Waals surface area (Å²) in [6.45, 7) is 3.29. The highest BCUT2D eigenvalue weighted by Gasteiger charge is 2.25. The van der Waals surface area contributed by atoms with E-state index in [1.54, 1.807) is 38.1 Å². The van der Waals surface area contributed by atoms with Crippen LogP contribution in [0.15, 0.2) is 62.2 Å². The molecule has 0 saturated carbocycles. The SMILES string of the molecule is Cc1nc(C)c(S(=O)(=O)Nc2ccc(Cl)cc2NS(=O)(=O)c2cc3ccccc3o2)s1. The lowest BCUT2D eigenvalue weighted by molar-refractivity contribution is 0.484. The van der Waals surface area contributed by atoms with Gasteiger partial charge in [-0.3, -0.25) is 9.44 Å². The van der Waals surface area contributed by atoms with Crippen molar-refractivity contribution in [2.75, 3.05) is 9.44 Å². The topological polar surface area (TPSA) is 118 Å². The van der Waals surface area contributed by atoms with Crippen molar-refractivity contribution in [3.63, 3.8) is 0 Å². The van der Waals surface area contributed by atoms with Gasteiger partial charge in [0.05, 0.1) is 22.1 Å². The Bertz CT molecular complexity index is 1470. The minimum Gasteiger partial charge on any atom is -0.443 e. The molecular weight excluding hydrogens is 482 g/mol. The van der Waals surface area contributed by atoms with Gasteiger partial charge < -0.3 is 4.42 Å². The van der Waals surface area contributed by atoms with Crippen LogP contribution in [0, 0.1) is 13.8 Å². The zero-order valence-corrected chi connectivity index (χ0v) is 19.4. The highest BCUT2D eigenvalue weighted by atomic mass is 35.5. The molecule has 0 aliphatic carbocycles. The Morgan fingerprint density at radius 1 is 0.935 bits per heavy atom. The standard InChI is InChI=1S/C19H16ClN3O5S3/c1-11-19(29-12(2)21-11)31(26,27)22-15-8-7-14(20)10-16(15)23-30(24,25)18-9-13-5-3-4-6-17(13)28-18/h3-10,22-23H,1-2H3. The van der Waals surface area contributed by atoms with Crippen molar-refractivity contribution in [1.82, 2.24) is 4.98 Å². The van der Waals surface area contributed by atoms with Gasteiger partial charge in [-0.25, -0.2) is 13.4 Å². The van der Waals surface area contributed by atoms with E-state index >= 15 is 0 Å². The fraction of sp³-hybridized carbons (Fsp3) is 0.105. The summed E-state index contributed by atoms with van der Waals surface area (Å²) < 4.78 is 61.8. The van der Waals surface area contributed by atoms with Crippen LogP contribution >= 0.6 is 22.9 Å². The molecule has 31 heavy (non-hydrogen) atoms. The van der Waals surface area contributed by atoms with Crippen LogP contribution in [0.4, 0.5) is 11.4 Å². The minimum atomic E-state index is -4.16. The van der Waals surface area contributed by atoms with Crippen molar-refractivity contribution in [3.8, 4) is 0 Å². The van der Waals surface area contributed by atoms with Crippen molar-refractivity contribution >= 4 is 65.3 Å². The molecule has 8 nitrogen and oxygen atoms in total. The van der Waals surface area contributed by atoms with Gasteiger partial charge in [0.25, 0.3) is 20.0 Å². The molecule has 0 amide bonds. The lowest BCUT2D eigenvalue weighted by atomic mass is 10.3. The van der Waals surface area contributed by atoms with E-state index in [0.29, 0.717) is 21.7 Å². The van der Waals surface area contributed by atoms with Crippen LogP contribution in [0.5, 0.6) is 0 Å². The van der Waals surface area contributed by atoms with E-state index in [2.05, 4.69) is 14.4 Å². The predicted octanol–water partition coefficient (Wildman–Crippen LogP) is 4.76. The second kappa shape index (κ2) is 7.83. The van der Waals surface area contributed by atoms with E-state index in [9.17, 15) is 16.8 Å². The second-order valence-electron chi connectivity index (χ2n) is 6.61. The lowest BCUT2D eigenvalue weighted by Gasteiger charge is -2.14. The Balaban J connectivity index is 1.71. The summed E-state index contributed by atoms with van der Waals surface area (Å²) in [5.74, 6) is 0. The number of sulfonamides is 2. The van der Waals surface area contributed by atoms with Crippen LogP contribution in [-0.2, 0) is 20.0 Å². The van der Waals surface area contributed by atoms with Gasteiger partial charge in [-0.2, -0.15) is 8.42 Å². The quantitative estimate of drug-likeness (QED) is 0.396. The summed E-state index contributed by atoms with van der Waals surface area (Å²) in [4.78, 5) is 4.13. The Morgan fingerprint density at radius 2 is 1.65 bits per heavy atom. The number of fused-ring (bicyclic) bond motifs is 1. The number of thiazole rings is 1. The first kappa shape index (κ1) is 21.6. The number of furan rings is 1. The molecule has 4 rings (SSSR count). The van der Waals surface area contributed by atoms with Gasteiger partial charge in [-0.15, -0.1) is 11.3 Å². The maximum Gasteiger partial charge on any atom is 0.295 e. The summed E-state index contributed by atoms with van der Waals surface area (Å²) in [6, 6.07) is 12.4. The molecule has 2 aromatic carbocycles. The molecule has 0 saturated heterocycles. The van der Waals surface area contributed by atoms with Crippen LogP contribution in [-0.4, -0.2) is 21.8 Å². The van der Waals surface area contributed by atoms with Crippen molar-refractivity contribution in [3.05, 3.63) is 64.3 Å². The first-order valence-corrected chi connectivity index (χ1v) is 13.0. The zero-order chi connectivity index (χ0) is 22.4. The van der Waals surface area contributed by atoms with E-state index in [0.717, 1.165) is 11.3 Å². The molecule has 0 unspecified atom stereocenters. The molecular formula is C19H16ClN3O5S3. The van der Waals surface area contributed by atoms with Crippen LogP contribution in [0.1, 0.15) is 10.7 Å². The van der Waals surface area contributed by atoms with Gasteiger partial charge in [0, 0.05) is 16.5 Å². The van der Waals surface area contributed by atoms with Crippen molar-refractivity contribution in [2.45, 2.75) is 23.1 Å². The number of nitrogens with zero attached hydrogens (tertiary/aromatic N) is 1. The summed E-state index contributed by atoms with van der Waals surface area (Å²) in [7, 11) is -8.15. The number of aryl methyl sites for hydroxylation is 2. The first-order valence-electron chi connectivity index (χ1n) is 8.83. The largest absolute Gasteiger partial charge is 0.443 e. The number of para-hydroxylation sites is 1. The number of hydrogen-bond donors (Lipinski definition) is 2. The highest BCUT2D eigenvalue weighted by molar-refractivity contribution is 7.94. The van der Waals surface area contributed by atoms with Crippen molar-refractivity contribution < 1.29 is 21.3 Å². The molecule has 0 aliphatic heterocycles. The third kappa shape index (κ3) is 4.40. The van der Waals surface area contributed by atoms with Gasteiger partial charge in [0.1, 0.15) is 5.58 Å². The van der Waals surface area contributed by atoms with E-state index in [-0.39, 0.29) is 25.7 Å². The zero-order valence-electron chi connectivity index (χ0n) is 16.2. The Kier molecular flexibility index (Phi) is 5.46. The normalized spacial score (nSPS) is 12.2. The maximum atomic E-state index is 12.9. The molecule has 0 fully saturated rings. The van der Waals surface area contributed by atoms with Crippen LogP contribution in [0.3, 0.4) is 0 Å².